The topological polar surface area (TPSA) is 97.8 Å². The first-order valence-corrected chi connectivity index (χ1v) is 13.9. The molecule has 0 saturated carbocycles. The van der Waals surface area contributed by atoms with Crippen LogP contribution in [0.3, 0.4) is 0 Å². The summed E-state index contributed by atoms with van der Waals surface area (Å²) in [6.45, 7) is 9.05. The number of rotatable bonds is 12. The number of hydrogen-bond donors (Lipinski definition) is 1. The molecule has 1 atom stereocenters. The van der Waals surface area contributed by atoms with Gasteiger partial charge >= 0.3 is 0 Å². The quantitative estimate of drug-likeness (QED) is 0.231. The van der Waals surface area contributed by atoms with Crippen LogP contribution in [0.5, 0.6) is 23.0 Å². The number of aliphatic hydroxyl groups excluding tert-OH is 1. The molecule has 40 heavy (non-hydrogen) atoms. The molecule has 0 spiro atoms. The molecule has 0 bridgehead atoms. The second kappa shape index (κ2) is 13.1. The fourth-order valence-corrected chi connectivity index (χ4v) is 4.85. The number of benzene rings is 2. The van der Waals surface area contributed by atoms with Crippen molar-refractivity contribution >= 4 is 17.4 Å². The van der Waals surface area contributed by atoms with E-state index in [4.69, 9.17) is 18.9 Å². The van der Waals surface area contributed by atoms with Crippen LogP contribution >= 0.6 is 0 Å². The van der Waals surface area contributed by atoms with E-state index in [1.165, 1.54) is 0 Å². The summed E-state index contributed by atoms with van der Waals surface area (Å²) in [5, 5.41) is 11.5. The van der Waals surface area contributed by atoms with E-state index in [0.29, 0.717) is 79.4 Å². The number of aliphatic hydroxyl groups is 1. The first-order chi connectivity index (χ1) is 19.2. The molecule has 0 radical (unpaired) electrons. The van der Waals surface area contributed by atoms with E-state index in [0.717, 1.165) is 13.0 Å². The molecule has 2 heterocycles. The highest BCUT2D eigenvalue weighted by Gasteiger charge is 2.46. The molecule has 2 aromatic carbocycles. The summed E-state index contributed by atoms with van der Waals surface area (Å²) >= 11 is 0. The molecule has 1 saturated heterocycles. The smallest absolute Gasteiger partial charge is 0.295 e. The second-order valence-corrected chi connectivity index (χ2v) is 10.7. The molecule has 1 fully saturated rings. The van der Waals surface area contributed by atoms with Gasteiger partial charge in [-0.1, -0.05) is 19.9 Å². The van der Waals surface area contributed by atoms with Gasteiger partial charge in [0.1, 0.15) is 19.0 Å². The van der Waals surface area contributed by atoms with Crippen molar-refractivity contribution in [2.45, 2.75) is 39.7 Å². The normalized spacial score (nSPS) is 18.1. The van der Waals surface area contributed by atoms with E-state index in [-0.39, 0.29) is 11.3 Å². The zero-order valence-corrected chi connectivity index (χ0v) is 24.1. The lowest BCUT2D eigenvalue weighted by Crippen LogP contribution is -2.32. The highest BCUT2D eigenvalue weighted by molar-refractivity contribution is 6.46. The van der Waals surface area contributed by atoms with Gasteiger partial charge in [-0.2, -0.15) is 0 Å². The van der Waals surface area contributed by atoms with Gasteiger partial charge in [0.05, 0.1) is 24.8 Å². The van der Waals surface area contributed by atoms with Gasteiger partial charge in [0.25, 0.3) is 11.7 Å². The van der Waals surface area contributed by atoms with Crippen LogP contribution in [0.25, 0.3) is 5.76 Å². The number of ether oxygens (including phenoxy) is 4. The van der Waals surface area contributed by atoms with E-state index in [9.17, 15) is 14.7 Å². The Kier molecular flexibility index (Phi) is 9.58. The minimum absolute atomic E-state index is 0.0301. The van der Waals surface area contributed by atoms with Crippen molar-refractivity contribution in [3.63, 3.8) is 0 Å². The Labute approximate surface area is 236 Å². The molecule has 1 N–H and O–H groups in total. The molecular formula is C31H40N2O7. The molecule has 0 aliphatic carbocycles. The Morgan fingerprint density at radius 2 is 1.80 bits per heavy atom. The number of fused-ring (bicyclic) bond motifs is 1. The molecule has 9 heteroatoms. The highest BCUT2D eigenvalue weighted by atomic mass is 16.6. The number of ketones is 1. The summed E-state index contributed by atoms with van der Waals surface area (Å²) in [4.78, 5) is 30.4. The third-order valence-electron chi connectivity index (χ3n) is 6.90. The number of carbonyl (C=O) groups excluding carboxylic acids is 2. The van der Waals surface area contributed by atoms with Crippen LogP contribution < -0.4 is 18.9 Å². The maximum Gasteiger partial charge on any atom is 0.295 e. The van der Waals surface area contributed by atoms with Crippen LogP contribution in [0.4, 0.5) is 0 Å². The van der Waals surface area contributed by atoms with Crippen LogP contribution in [0.1, 0.15) is 50.8 Å². The monoisotopic (exact) mass is 552 g/mol. The fraction of sp³-hybridized carbons (Fsp3) is 0.484. The highest BCUT2D eigenvalue weighted by Crippen LogP contribution is 2.43. The average Bonchev–Trinajstić information content (AvgIpc) is 3.18. The van der Waals surface area contributed by atoms with Crippen molar-refractivity contribution in [1.29, 1.82) is 0 Å². The summed E-state index contributed by atoms with van der Waals surface area (Å²) in [5.74, 6) is 1.05. The molecular weight excluding hydrogens is 512 g/mol. The summed E-state index contributed by atoms with van der Waals surface area (Å²) in [6, 6.07) is 9.65. The Morgan fingerprint density at radius 3 is 2.50 bits per heavy atom. The zero-order valence-electron chi connectivity index (χ0n) is 24.1. The molecule has 2 aromatic rings. The van der Waals surface area contributed by atoms with Crippen molar-refractivity contribution in [3.05, 3.63) is 53.1 Å². The number of nitrogens with zero attached hydrogens (tertiary/aromatic N) is 2. The summed E-state index contributed by atoms with van der Waals surface area (Å²) in [6.07, 6.45) is 1.56. The summed E-state index contributed by atoms with van der Waals surface area (Å²) in [5.41, 5.74) is 1.06. The van der Waals surface area contributed by atoms with Crippen LogP contribution in [-0.4, -0.2) is 80.2 Å². The van der Waals surface area contributed by atoms with Crippen LogP contribution in [-0.2, 0) is 9.59 Å². The molecule has 1 amide bonds. The Balaban J connectivity index is 1.77. The number of Topliss-reactive ketones (excluding diaryl/α,β-unsaturated/α-hetero) is 1. The van der Waals surface area contributed by atoms with Crippen molar-refractivity contribution in [2.75, 3.05) is 53.6 Å². The predicted molar refractivity (Wildman–Crippen MR) is 152 cm³/mol. The molecule has 9 nitrogen and oxygen atoms in total. The van der Waals surface area contributed by atoms with E-state index in [1.807, 2.05) is 38.1 Å². The van der Waals surface area contributed by atoms with Gasteiger partial charge in [0.15, 0.2) is 23.0 Å². The molecule has 0 aromatic heterocycles. The Bertz CT molecular complexity index is 1250. The first kappa shape index (κ1) is 29.3. The first-order valence-electron chi connectivity index (χ1n) is 13.9. The van der Waals surface area contributed by atoms with Crippen LogP contribution in [0.2, 0.25) is 0 Å². The summed E-state index contributed by atoms with van der Waals surface area (Å²) in [7, 11) is 3.92. The second-order valence-electron chi connectivity index (χ2n) is 10.7. The minimum Gasteiger partial charge on any atom is -0.507 e. The molecule has 2 aliphatic rings. The van der Waals surface area contributed by atoms with Gasteiger partial charge in [-0.3, -0.25) is 9.59 Å². The summed E-state index contributed by atoms with van der Waals surface area (Å²) < 4.78 is 23.2. The SMILES string of the molecule is CCOc1cc([C@H]2C(=C(O)c3ccc4c(c3)OCCO4)C(=O)C(=O)N2CCCN(C)C)ccc1OCCC(C)C. The third-order valence-corrected chi connectivity index (χ3v) is 6.90. The van der Waals surface area contributed by atoms with E-state index < -0.39 is 17.7 Å². The third kappa shape index (κ3) is 6.53. The fourth-order valence-electron chi connectivity index (χ4n) is 4.85. The maximum atomic E-state index is 13.5. The van der Waals surface area contributed by atoms with Gasteiger partial charge in [-0.05, 0) is 82.2 Å². The number of carbonyl (C=O) groups is 2. The molecule has 216 valence electrons. The lowest BCUT2D eigenvalue weighted by Gasteiger charge is -2.27. The molecule has 2 aliphatic heterocycles. The minimum atomic E-state index is -0.792. The Hall–Kier alpha value is -3.72. The zero-order chi connectivity index (χ0) is 28.8. The average molecular weight is 553 g/mol. The maximum absolute atomic E-state index is 13.5. The van der Waals surface area contributed by atoms with Gasteiger partial charge in [0.2, 0.25) is 0 Å². The molecule has 4 rings (SSSR count). The Morgan fingerprint density at radius 1 is 1.05 bits per heavy atom. The standard InChI is InChI=1S/C31H40N2O7/c1-6-37-25-18-21(8-10-23(25)38-15-12-20(2)3)28-27(30(35)31(36)33(28)14-7-13-32(4)5)29(34)22-9-11-24-26(19-22)40-17-16-39-24/h8-11,18-20,28,34H,6-7,12-17H2,1-5H3/t28-/m0/s1. The van der Waals surface area contributed by atoms with Gasteiger partial charge in [-0.15, -0.1) is 0 Å². The lowest BCUT2D eigenvalue weighted by molar-refractivity contribution is -0.139. The predicted octanol–water partition coefficient (Wildman–Crippen LogP) is 4.65. The van der Waals surface area contributed by atoms with Crippen molar-refractivity contribution in [2.24, 2.45) is 5.92 Å². The van der Waals surface area contributed by atoms with Crippen molar-refractivity contribution in [1.82, 2.24) is 9.80 Å². The van der Waals surface area contributed by atoms with Gasteiger partial charge in [0, 0.05) is 12.1 Å². The van der Waals surface area contributed by atoms with E-state index >= 15 is 0 Å². The van der Waals surface area contributed by atoms with Gasteiger partial charge < -0.3 is 33.9 Å². The lowest BCUT2D eigenvalue weighted by atomic mass is 9.94. The van der Waals surface area contributed by atoms with Crippen LogP contribution in [0, 0.1) is 5.92 Å². The van der Waals surface area contributed by atoms with Crippen molar-refractivity contribution in [3.8, 4) is 23.0 Å². The number of hydrogen-bond acceptors (Lipinski definition) is 8. The molecule has 0 unspecified atom stereocenters. The van der Waals surface area contributed by atoms with Crippen LogP contribution in [0.15, 0.2) is 42.0 Å². The van der Waals surface area contributed by atoms with E-state index in [1.54, 1.807) is 29.2 Å². The van der Waals surface area contributed by atoms with Crippen molar-refractivity contribution < 1.29 is 33.6 Å². The van der Waals surface area contributed by atoms with Gasteiger partial charge in [-0.25, -0.2) is 0 Å². The van der Waals surface area contributed by atoms with E-state index in [2.05, 4.69) is 13.8 Å². The number of likely N-dealkylation sites (tertiary alicyclic amines) is 1. The largest absolute Gasteiger partial charge is 0.507 e. The number of amides is 1.